The van der Waals surface area contributed by atoms with Crippen LogP contribution in [0.15, 0.2) is 12.4 Å². The zero-order valence-electron chi connectivity index (χ0n) is 10.1. The van der Waals surface area contributed by atoms with Crippen LogP contribution in [0.1, 0.15) is 26.2 Å². The minimum absolute atomic E-state index is 0.773. The van der Waals surface area contributed by atoms with Gasteiger partial charge >= 0.3 is 0 Å². The van der Waals surface area contributed by atoms with E-state index in [1.807, 2.05) is 10.9 Å². The molecule has 16 heavy (non-hydrogen) atoms. The molecule has 0 bridgehead atoms. The Morgan fingerprint density at radius 3 is 2.81 bits per heavy atom. The minimum atomic E-state index is 0.773. The molecule has 1 aromatic rings. The summed E-state index contributed by atoms with van der Waals surface area (Å²) < 4.78 is 7.55. The van der Waals surface area contributed by atoms with Crippen LogP contribution in [-0.2, 0) is 6.54 Å². The monoisotopic (exact) mass is 223 g/mol. The van der Waals surface area contributed by atoms with Crippen molar-refractivity contribution in [2.24, 2.45) is 0 Å². The van der Waals surface area contributed by atoms with Gasteiger partial charge in [0.25, 0.3) is 0 Å². The van der Waals surface area contributed by atoms with Crippen LogP contribution in [-0.4, -0.2) is 40.9 Å². The molecule has 0 N–H and O–H groups in total. The van der Waals surface area contributed by atoms with E-state index in [-0.39, 0.29) is 0 Å². The lowest BCUT2D eigenvalue weighted by molar-refractivity contribution is 0.183. The van der Waals surface area contributed by atoms with Gasteiger partial charge in [-0.2, -0.15) is 5.10 Å². The average Bonchev–Trinajstić information content (AvgIpc) is 2.78. The molecule has 1 fully saturated rings. The lowest BCUT2D eigenvalue weighted by Gasteiger charge is -2.25. The second-order valence-corrected chi connectivity index (χ2v) is 4.28. The van der Waals surface area contributed by atoms with Crippen molar-refractivity contribution in [1.29, 1.82) is 0 Å². The summed E-state index contributed by atoms with van der Waals surface area (Å²) in [4.78, 5) is 2.48. The molecule has 1 aromatic heterocycles. The van der Waals surface area contributed by atoms with Crippen molar-refractivity contribution in [1.82, 2.24) is 14.7 Å². The van der Waals surface area contributed by atoms with Crippen LogP contribution in [0.2, 0.25) is 0 Å². The first-order valence-electron chi connectivity index (χ1n) is 6.26. The van der Waals surface area contributed by atoms with Gasteiger partial charge in [-0.15, -0.1) is 0 Å². The summed E-state index contributed by atoms with van der Waals surface area (Å²) in [6.45, 7) is 7.25. The van der Waals surface area contributed by atoms with Crippen molar-refractivity contribution in [3.05, 3.63) is 12.4 Å². The quantitative estimate of drug-likeness (QED) is 0.762. The summed E-state index contributed by atoms with van der Waals surface area (Å²) in [5.41, 5.74) is 0. The van der Waals surface area contributed by atoms with Crippen molar-refractivity contribution in [3.63, 3.8) is 0 Å². The molecule has 0 unspecified atom stereocenters. The van der Waals surface area contributed by atoms with E-state index in [0.717, 1.165) is 25.4 Å². The second kappa shape index (κ2) is 5.89. The van der Waals surface area contributed by atoms with Gasteiger partial charge in [0.05, 0.1) is 12.4 Å². The van der Waals surface area contributed by atoms with Crippen LogP contribution in [0.4, 0.5) is 0 Å². The fraction of sp³-hybridized carbons (Fsp3) is 0.750. The molecule has 90 valence electrons. The Morgan fingerprint density at radius 2 is 2.12 bits per heavy atom. The van der Waals surface area contributed by atoms with Crippen LogP contribution in [0.5, 0.6) is 5.75 Å². The number of likely N-dealkylation sites (tertiary alicyclic amines) is 1. The highest BCUT2D eigenvalue weighted by Gasteiger charge is 2.09. The number of ether oxygens (including phenoxy) is 1. The SMILES string of the molecule is CCn1cc(OCCN2CCCCC2)cn1. The maximum Gasteiger partial charge on any atom is 0.157 e. The largest absolute Gasteiger partial charge is 0.489 e. The summed E-state index contributed by atoms with van der Waals surface area (Å²) >= 11 is 0. The van der Waals surface area contributed by atoms with Crippen molar-refractivity contribution in [2.75, 3.05) is 26.2 Å². The second-order valence-electron chi connectivity index (χ2n) is 4.28. The predicted octanol–water partition coefficient (Wildman–Crippen LogP) is 1.77. The molecule has 0 spiro atoms. The molecule has 0 aliphatic carbocycles. The summed E-state index contributed by atoms with van der Waals surface area (Å²) in [5, 5.41) is 4.18. The van der Waals surface area contributed by atoms with Crippen LogP contribution >= 0.6 is 0 Å². The molecule has 4 nitrogen and oxygen atoms in total. The van der Waals surface area contributed by atoms with E-state index in [1.54, 1.807) is 6.20 Å². The van der Waals surface area contributed by atoms with Gasteiger partial charge in [0.1, 0.15) is 6.61 Å². The van der Waals surface area contributed by atoms with Crippen molar-refractivity contribution in [2.45, 2.75) is 32.7 Å². The zero-order valence-corrected chi connectivity index (χ0v) is 10.1. The molecule has 1 saturated heterocycles. The van der Waals surface area contributed by atoms with Crippen LogP contribution in [0, 0.1) is 0 Å². The summed E-state index contributed by atoms with van der Waals surface area (Å²) in [6, 6.07) is 0. The number of rotatable bonds is 5. The Balaban J connectivity index is 1.66. The minimum Gasteiger partial charge on any atom is -0.489 e. The van der Waals surface area contributed by atoms with Crippen LogP contribution < -0.4 is 4.74 Å². The van der Waals surface area contributed by atoms with Crippen LogP contribution in [0.25, 0.3) is 0 Å². The van der Waals surface area contributed by atoms with Gasteiger partial charge < -0.3 is 4.74 Å². The van der Waals surface area contributed by atoms with E-state index in [1.165, 1.54) is 32.4 Å². The summed E-state index contributed by atoms with van der Waals surface area (Å²) in [6.07, 6.45) is 7.82. The molecular formula is C12H21N3O. The van der Waals surface area contributed by atoms with E-state index >= 15 is 0 Å². The third kappa shape index (κ3) is 3.23. The maximum atomic E-state index is 5.67. The Hall–Kier alpha value is -1.03. The summed E-state index contributed by atoms with van der Waals surface area (Å²) in [5.74, 6) is 0.888. The number of hydrogen-bond acceptors (Lipinski definition) is 3. The predicted molar refractivity (Wildman–Crippen MR) is 63.7 cm³/mol. The first-order valence-corrected chi connectivity index (χ1v) is 6.26. The molecule has 2 heterocycles. The van der Waals surface area contributed by atoms with Gasteiger partial charge in [0.2, 0.25) is 0 Å². The lowest BCUT2D eigenvalue weighted by atomic mass is 10.1. The van der Waals surface area contributed by atoms with Gasteiger partial charge in [-0.1, -0.05) is 6.42 Å². The molecule has 0 amide bonds. The number of hydrogen-bond donors (Lipinski definition) is 0. The molecule has 0 aromatic carbocycles. The fourth-order valence-electron chi connectivity index (χ4n) is 2.07. The number of piperidine rings is 1. The van der Waals surface area contributed by atoms with Gasteiger partial charge in [0, 0.05) is 13.1 Å². The Morgan fingerprint density at radius 1 is 1.31 bits per heavy atom. The van der Waals surface area contributed by atoms with E-state index in [9.17, 15) is 0 Å². The van der Waals surface area contributed by atoms with Gasteiger partial charge in [-0.3, -0.25) is 9.58 Å². The highest BCUT2D eigenvalue weighted by atomic mass is 16.5. The molecule has 0 radical (unpaired) electrons. The van der Waals surface area contributed by atoms with E-state index in [0.29, 0.717) is 0 Å². The van der Waals surface area contributed by atoms with Crippen molar-refractivity contribution in [3.8, 4) is 5.75 Å². The third-order valence-electron chi connectivity index (χ3n) is 3.06. The van der Waals surface area contributed by atoms with Gasteiger partial charge in [-0.05, 0) is 32.9 Å². The average molecular weight is 223 g/mol. The maximum absolute atomic E-state index is 5.67. The molecule has 0 saturated carbocycles. The molecule has 1 aliphatic rings. The number of aromatic nitrogens is 2. The topological polar surface area (TPSA) is 30.3 Å². The smallest absolute Gasteiger partial charge is 0.157 e. The van der Waals surface area contributed by atoms with E-state index in [4.69, 9.17) is 4.74 Å². The summed E-state index contributed by atoms with van der Waals surface area (Å²) in [7, 11) is 0. The Kier molecular flexibility index (Phi) is 4.22. The fourth-order valence-corrected chi connectivity index (χ4v) is 2.07. The lowest BCUT2D eigenvalue weighted by Crippen LogP contribution is -2.33. The standard InChI is InChI=1S/C12H21N3O/c1-2-15-11-12(10-13-15)16-9-8-14-6-4-3-5-7-14/h10-11H,2-9H2,1H3. The molecule has 1 aliphatic heterocycles. The molecule has 0 atom stereocenters. The molecule has 2 rings (SSSR count). The van der Waals surface area contributed by atoms with Gasteiger partial charge in [0.15, 0.2) is 5.75 Å². The molecule has 4 heteroatoms. The Bertz CT molecular complexity index is 305. The van der Waals surface area contributed by atoms with Gasteiger partial charge in [-0.25, -0.2) is 0 Å². The third-order valence-corrected chi connectivity index (χ3v) is 3.06. The zero-order chi connectivity index (χ0) is 11.2. The highest BCUT2D eigenvalue weighted by Crippen LogP contribution is 2.10. The van der Waals surface area contributed by atoms with Crippen LogP contribution in [0.3, 0.4) is 0 Å². The van der Waals surface area contributed by atoms with Crippen molar-refractivity contribution >= 4 is 0 Å². The van der Waals surface area contributed by atoms with E-state index in [2.05, 4.69) is 16.9 Å². The molecular weight excluding hydrogens is 202 g/mol. The first kappa shape index (κ1) is 11.5. The van der Waals surface area contributed by atoms with Crippen molar-refractivity contribution < 1.29 is 4.74 Å². The number of aryl methyl sites for hydroxylation is 1. The normalized spacial score (nSPS) is 17.6. The first-order chi connectivity index (χ1) is 7.88. The Labute approximate surface area is 97.2 Å². The highest BCUT2D eigenvalue weighted by molar-refractivity contribution is 5.11. The number of nitrogens with zero attached hydrogens (tertiary/aromatic N) is 3. The van der Waals surface area contributed by atoms with E-state index < -0.39 is 0 Å².